The highest BCUT2D eigenvalue weighted by molar-refractivity contribution is 5.82. The maximum absolute atomic E-state index is 4.72. The van der Waals surface area contributed by atoms with Gasteiger partial charge in [-0.3, -0.25) is 9.98 Å². The summed E-state index contributed by atoms with van der Waals surface area (Å²) < 4.78 is 2.07. The first-order valence-electron chi connectivity index (χ1n) is 9.01. The van der Waals surface area contributed by atoms with Gasteiger partial charge in [0.15, 0.2) is 5.82 Å². The van der Waals surface area contributed by atoms with Crippen LogP contribution in [0.5, 0.6) is 0 Å². The van der Waals surface area contributed by atoms with Crippen molar-refractivity contribution in [1.82, 2.24) is 19.4 Å². The molecule has 4 rings (SSSR count). The molecular weight excluding hydrogens is 324 g/mol. The molecule has 0 amide bonds. The van der Waals surface area contributed by atoms with Crippen LogP contribution < -0.4 is 0 Å². The second-order valence-corrected chi connectivity index (χ2v) is 7.22. The summed E-state index contributed by atoms with van der Waals surface area (Å²) in [5, 5.41) is 0. The highest BCUT2D eigenvalue weighted by Gasteiger charge is 2.45. The molecule has 1 aliphatic carbocycles. The van der Waals surface area contributed by atoms with Crippen molar-refractivity contribution in [2.45, 2.75) is 27.2 Å². The third-order valence-corrected chi connectivity index (χ3v) is 5.36. The predicted molar refractivity (Wildman–Crippen MR) is 105 cm³/mol. The molecule has 0 radical (unpaired) electrons. The van der Waals surface area contributed by atoms with Crippen LogP contribution in [-0.2, 0) is 0 Å². The van der Waals surface area contributed by atoms with Gasteiger partial charge in [-0.15, -0.1) is 0 Å². The quantitative estimate of drug-likeness (QED) is 0.629. The molecule has 0 bridgehead atoms. The van der Waals surface area contributed by atoms with Gasteiger partial charge < -0.3 is 9.47 Å². The molecule has 6 heteroatoms. The fraction of sp³-hybridized carbons (Fsp3) is 0.400. The Bertz CT molecular complexity index is 877. The summed E-state index contributed by atoms with van der Waals surface area (Å²) in [4.78, 5) is 20.1. The van der Waals surface area contributed by atoms with E-state index in [1.54, 1.807) is 18.6 Å². The van der Waals surface area contributed by atoms with Crippen molar-refractivity contribution in [3.05, 3.63) is 47.8 Å². The zero-order valence-electron chi connectivity index (χ0n) is 15.6. The number of nitrogens with zero attached hydrogens (tertiary/aromatic N) is 6. The maximum atomic E-state index is 4.72. The summed E-state index contributed by atoms with van der Waals surface area (Å²) in [5.74, 6) is 3.57. The van der Waals surface area contributed by atoms with Gasteiger partial charge in [0.25, 0.3) is 0 Å². The zero-order valence-corrected chi connectivity index (χ0v) is 15.6. The summed E-state index contributed by atoms with van der Waals surface area (Å²) in [6, 6.07) is 4.14. The van der Waals surface area contributed by atoms with Gasteiger partial charge in [-0.05, 0) is 57.9 Å². The maximum Gasteiger partial charge on any atom is 0.156 e. The van der Waals surface area contributed by atoms with Gasteiger partial charge >= 0.3 is 0 Å². The molecule has 2 aromatic rings. The van der Waals surface area contributed by atoms with Crippen LogP contribution in [0.2, 0.25) is 0 Å². The van der Waals surface area contributed by atoms with Crippen LogP contribution >= 0.6 is 0 Å². The highest BCUT2D eigenvalue weighted by atomic mass is 15.2. The molecule has 2 fully saturated rings. The Kier molecular flexibility index (Phi) is 4.18. The van der Waals surface area contributed by atoms with E-state index in [2.05, 4.69) is 64.1 Å². The van der Waals surface area contributed by atoms with E-state index in [0.29, 0.717) is 11.4 Å². The Morgan fingerprint density at radius 2 is 1.88 bits per heavy atom. The molecule has 1 saturated carbocycles. The van der Waals surface area contributed by atoms with Crippen molar-refractivity contribution < 1.29 is 0 Å². The zero-order chi connectivity index (χ0) is 18.3. The van der Waals surface area contributed by atoms with Crippen molar-refractivity contribution in [2.24, 2.45) is 21.8 Å². The minimum Gasteiger partial charge on any atom is -0.360 e. The third-order valence-electron chi connectivity index (χ3n) is 5.36. The summed E-state index contributed by atoms with van der Waals surface area (Å²) >= 11 is 0. The molecule has 6 nitrogen and oxygen atoms in total. The molecule has 26 heavy (non-hydrogen) atoms. The Hall–Kier alpha value is -2.76. The lowest BCUT2D eigenvalue weighted by Crippen LogP contribution is -2.27. The number of amidine groups is 1. The predicted octanol–water partition coefficient (Wildman–Crippen LogP) is 3.25. The Morgan fingerprint density at radius 3 is 2.54 bits per heavy atom. The van der Waals surface area contributed by atoms with Crippen molar-refractivity contribution in [1.29, 1.82) is 0 Å². The van der Waals surface area contributed by atoms with Gasteiger partial charge in [-0.2, -0.15) is 0 Å². The summed E-state index contributed by atoms with van der Waals surface area (Å²) in [5.41, 5.74) is 3.54. The number of hydrogen-bond acceptors (Lipinski definition) is 4. The molecule has 2 aliphatic rings. The van der Waals surface area contributed by atoms with Crippen LogP contribution in [0.15, 0.2) is 40.7 Å². The van der Waals surface area contributed by atoms with E-state index in [1.165, 1.54) is 6.42 Å². The van der Waals surface area contributed by atoms with Crippen molar-refractivity contribution >= 4 is 18.3 Å². The molecule has 134 valence electrons. The van der Waals surface area contributed by atoms with Crippen LogP contribution in [0.25, 0.3) is 11.5 Å². The number of aryl methyl sites for hydroxylation is 2. The third kappa shape index (κ3) is 3.07. The first-order chi connectivity index (χ1) is 12.6. The van der Waals surface area contributed by atoms with E-state index in [-0.39, 0.29) is 0 Å². The lowest BCUT2D eigenvalue weighted by molar-refractivity contribution is 0.459. The molecule has 3 heterocycles. The number of hydrogen-bond donors (Lipinski definition) is 0. The van der Waals surface area contributed by atoms with Crippen LogP contribution in [-0.4, -0.2) is 45.1 Å². The molecule has 2 unspecified atom stereocenters. The van der Waals surface area contributed by atoms with Gasteiger partial charge in [0.2, 0.25) is 0 Å². The summed E-state index contributed by atoms with van der Waals surface area (Å²) in [6.45, 7) is 12.1. The van der Waals surface area contributed by atoms with Crippen molar-refractivity contribution in [3.8, 4) is 5.82 Å². The topological polar surface area (TPSA) is 58.7 Å². The minimum atomic E-state index is 0.630. The second-order valence-electron chi connectivity index (χ2n) is 7.22. The van der Waals surface area contributed by atoms with Crippen LogP contribution in [0.3, 0.4) is 0 Å². The Labute approximate surface area is 154 Å². The van der Waals surface area contributed by atoms with E-state index < -0.39 is 0 Å². The number of likely N-dealkylation sites (tertiary alicyclic amines) is 1. The number of fused-ring (bicyclic) bond motifs is 1. The Balaban J connectivity index is 1.60. The largest absolute Gasteiger partial charge is 0.360 e. The Morgan fingerprint density at radius 1 is 1.19 bits per heavy atom. The van der Waals surface area contributed by atoms with Crippen molar-refractivity contribution in [2.75, 3.05) is 13.1 Å². The standard InChI is InChI=1S/C20H24N6/c1-13-5-6-14(2)26(13)20-10-22-8-19(24-20)18(21-4)9-23-15(3)25-11-16-7-17(16)12-25/h5-6,8-10,16-17H,4,7,11-12H2,1-3H3/b18-9-,23-15?. The molecule has 0 spiro atoms. The SMILES string of the molecule is C=N/C(=C\N=C(C)N1CC2CC2C1)c1cncc(-n2c(C)ccc2C)n1. The number of rotatable bonds is 4. The van der Waals surface area contributed by atoms with Gasteiger partial charge in [0.05, 0.1) is 18.6 Å². The van der Waals surface area contributed by atoms with Gasteiger partial charge in [-0.1, -0.05) is 0 Å². The molecule has 0 N–H and O–H groups in total. The van der Waals surface area contributed by atoms with Gasteiger partial charge in [0, 0.05) is 24.5 Å². The van der Waals surface area contributed by atoms with Crippen LogP contribution in [0, 0.1) is 25.7 Å². The average molecular weight is 348 g/mol. The van der Waals surface area contributed by atoms with Gasteiger partial charge in [0.1, 0.15) is 17.2 Å². The molecule has 1 saturated heterocycles. The van der Waals surface area contributed by atoms with E-state index in [0.717, 1.165) is 48.0 Å². The molecule has 0 aromatic carbocycles. The number of aromatic nitrogens is 3. The summed E-state index contributed by atoms with van der Waals surface area (Å²) in [7, 11) is 0. The van der Waals surface area contributed by atoms with Gasteiger partial charge in [-0.25, -0.2) is 9.98 Å². The monoisotopic (exact) mass is 348 g/mol. The normalized spacial score (nSPS) is 22.5. The van der Waals surface area contributed by atoms with Crippen LogP contribution in [0.4, 0.5) is 0 Å². The first kappa shape index (κ1) is 16.7. The van der Waals surface area contributed by atoms with E-state index in [9.17, 15) is 0 Å². The second kappa shape index (κ2) is 6.52. The average Bonchev–Trinajstić information content (AvgIpc) is 3.10. The van der Waals surface area contributed by atoms with E-state index >= 15 is 0 Å². The molecule has 2 atom stereocenters. The number of piperidine rings is 1. The van der Waals surface area contributed by atoms with E-state index in [4.69, 9.17) is 4.98 Å². The minimum absolute atomic E-state index is 0.630. The van der Waals surface area contributed by atoms with Crippen LogP contribution in [0.1, 0.15) is 30.4 Å². The lowest BCUT2D eigenvalue weighted by Gasteiger charge is -2.18. The fourth-order valence-corrected chi connectivity index (χ4v) is 3.70. The smallest absolute Gasteiger partial charge is 0.156 e. The first-order valence-corrected chi connectivity index (χ1v) is 9.01. The molecule has 1 aliphatic heterocycles. The fourth-order valence-electron chi connectivity index (χ4n) is 3.70. The highest BCUT2D eigenvalue weighted by Crippen LogP contribution is 2.44. The molecule has 2 aromatic heterocycles. The van der Waals surface area contributed by atoms with E-state index in [1.807, 2.05) is 0 Å². The summed E-state index contributed by atoms with van der Waals surface area (Å²) in [6.07, 6.45) is 6.60. The van der Waals surface area contributed by atoms with Crippen molar-refractivity contribution in [3.63, 3.8) is 0 Å². The lowest BCUT2D eigenvalue weighted by atomic mass is 10.3. The number of aliphatic imine (C=N–C) groups is 2. The molecular formula is C20H24N6.